The van der Waals surface area contributed by atoms with E-state index >= 15 is 0 Å². The van der Waals surface area contributed by atoms with Gasteiger partial charge >= 0.3 is 0 Å². The summed E-state index contributed by atoms with van der Waals surface area (Å²) in [5.74, 6) is 0. The largest absolute Gasteiger partial charge is 0.390 e. The van der Waals surface area contributed by atoms with Crippen LogP contribution >= 0.6 is 0 Å². The van der Waals surface area contributed by atoms with Crippen LogP contribution in [0.1, 0.15) is 6.42 Å². The van der Waals surface area contributed by atoms with Crippen LogP contribution in [0.15, 0.2) is 0 Å². The molecule has 0 aromatic heterocycles. The second-order valence-corrected chi connectivity index (χ2v) is 2.94. The van der Waals surface area contributed by atoms with Crippen molar-refractivity contribution in [2.75, 3.05) is 0 Å². The summed E-state index contributed by atoms with van der Waals surface area (Å²) in [6.07, 6.45) is -4.70. The molecule has 0 aliphatic heterocycles. The fourth-order valence-electron chi connectivity index (χ4n) is 1.24. The quantitative estimate of drug-likeness (QED) is 0.264. The first-order chi connectivity index (χ1) is 5.04. The summed E-state index contributed by atoms with van der Waals surface area (Å²) < 4.78 is 0. The van der Waals surface area contributed by atoms with E-state index in [1.165, 1.54) is 0 Å². The Morgan fingerprint density at radius 2 is 1.45 bits per heavy atom. The number of aliphatic hydroxyl groups excluding tert-OH is 4. The molecule has 0 bridgehead atoms. The van der Waals surface area contributed by atoms with Crippen LogP contribution in [0.2, 0.25) is 0 Å². The molecule has 6 N–H and O–H groups in total. The zero-order chi connectivity index (χ0) is 8.59. The molecule has 11 heavy (non-hydrogen) atoms. The van der Waals surface area contributed by atoms with E-state index in [-0.39, 0.29) is 6.42 Å². The molecule has 0 aromatic carbocycles. The molecule has 5 heteroatoms. The van der Waals surface area contributed by atoms with Gasteiger partial charge in [0.2, 0.25) is 0 Å². The Balaban J connectivity index is 2.63. The average molecular weight is 163 g/mol. The van der Waals surface area contributed by atoms with E-state index in [4.69, 9.17) is 26.2 Å². The molecule has 66 valence electrons. The van der Waals surface area contributed by atoms with Crippen molar-refractivity contribution >= 4 is 0 Å². The van der Waals surface area contributed by atoms with Gasteiger partial charge in [-0.1, -0.05) is 0 Å². The Morgan fingerprint density at radius 3 is 2.00 bits per heavy atom. The highest BCUT2D eigenvalue weighted by molar-refractivity contribution is 4.94. The molecule has 0 radical (unpaired) electrons. The predicted molar refractivity (Wildman–Crippen MR) is 36.6 cm³/mol. The Hall–Kier alpha value is -0.200. The topological polar surface area (TPSA) is 107 Å². The Bertz CT molecular complexity index is 129. The van der Waals surface area contributed by atoms with Gasteiger partial charge in [0.15, 0.2) is 0 Å². The lowest BCUT2D eigenvalue weighted by molar-refractivity contribution is -0.141. The minimum atomic E-state index is -1.34. The lowest BCUT2D eigenvalue weighted by Crippen LogP contribution is -2.58. The number of hydrogen-bond donors (Lipinski definition) is 5. The van der Waals surface area contributed by atoms with Gasteiger partial charge in [0.25, 0.3) is 0 Å². The fourth-order valence-corrected chi connectivity index (χ4v) is 1.24. The molecule has 1 saturated carbocycles. The van der Waals surface area contributed by atoms with Gasteiger partial charge in [0.05, 0.1) is 12.2 Å². The van der Waals surface area contributed by atoms with Crippen molar-refractivity contribution in [2.45, 2.75) is 36.9 Å². The van der Waals surface area contributed by atoms with Gasteiger partial charge in [-0.2, -0.15) is 0 Å². The first-order valence-corrected chi connectivity index (χ1v) is 3.52. The van der Waals surface area contributed by atoms with Crippen LogP contribution < -0.4 is 5.73 Å². The maximum Gasteiger partial charge on any atom is 0.110 e. The molecule has 1 aliphatic rings. The van der Waals surface area contributed by atoms with Crippen LogP contribution in [0.3, 0.4) is 0 Å². The summed E-state index contributed by atoms with van der Waals surface area (Å²) in [6.45, 7) is 0. The van der Waals surface area contributed by atoms with Gasteiger partial charge in [-0.3, -0.25) is 0 Å². The lowest BCUT2D eigenvalue weighted by Gasteiger charge is -2.36. The smallest absolute Gasteiger partial charge is 0.110 e. The average Bonchev–Trinajstić information content (AvgIpc) is 1.97. The van der Waals surface area contributed by atoms with Crippen LogP contribution in [0, 0.1) is 0 Å². The fraction of sp³-hybridized carbons (Fsp3) is 1.00. The third-order valence-electron chi connectivity index (χ3n) is 2.05. The molecular formula is C6H13NO4. The normalized spacial score (nSPS) is 52.6. The van der Waals surface area contributed by atoms with Gasteiger partial charge in [-0.05, 0) is 6.42 Å². The maximum atomic E-state index is 9.09. The van der Waals surface area contributed by atoms with E-state index in [1.807, 2.05) is 0 Å². The van der Waals surface area contributed by atoms with Crippen LogP contribution in [0.4, 0.5) is 0 Å². The van der Waals surface area contributed by atoms with Crippen LogP contribution in [0.5, 0.6) is 0 Å². The van der Waals surface area contributed by atoms with Crippen molar-refractivity contribution in [1.29, 1.82) is 0 Å². The van der Waals surface area contributed by atoms with Crippen LogP contribution in [-0.2, 0) is 0 Å². The SMILES string of the molecule is N[C@H]1C[C@@H](O)[C@@H](O)[C@H](O)[C@@H]1O. The Morgan fingerprint density at radius 1 is 0.909 bits per heavy atom. The third-order valence-corrected chi connectivity index (χ3v) is 2.05. The molecule has 5 nitrogen and oxygen atoms in total. The highest BCUT2D eigenvalue weighted by atomic mass is 16.4. The van der Waals surface area contributed by atoms with Gasteiger partial charge in [-0.15, -0.1) is 0 Å². The zero-order valence-corrected chi connectivity index (χ0v) is 5.96. The molecule has 0 spiro atoms. The number of aliphatic hydroxyl groups is 4. The summed E-state index contributed by atoms with van der Waals surface area (Å²) in [4.78, 5) is 0. The molecule has 1 rings (SSSR count). The molecule has 5 atom stereocenters. The summed E-state index contributed by atoms with van der Waals surface area (Å²) in [5.41, 5.74) is 5.34. The zero-order valence-electron chi connectivity index (χ0n) is 5.96. The molecule has 0 aromatic rings. The minimum absolute atomic E-state index is 0.111. The molecule has 0 amide bonds. The first-order valence-electron chi connectivity index (χ1n) is 3.52. The summed E-state index contributed by atoms with van der Waals surface area (Å²) in [6, 6.07) is -0.664. The number of hydrogen-bond acceptors (Lipinski definition) is 5. The Labute approximate surface area is 64.1 Å². The summed E-state index contributed by atoms with van der Waals surface area (Å²) in [7, 11) is 0. The molecule has 0 unspecified atom stereocenters. The van der Waals surface area contributed by atoms with E-state index in [2.05, 4.69) is 0 Å². The van der Waals surface area contributed by atoms with Crippen LogP contribution in [0.25, 0.3) is 0 Å². The molecule has 0 saturated heterocycles. The molecular weight excluding hydrogens is 150 g/mol. The van der Waals surface area contributed by atoms with Crippen molar-refractivity contribution < 1.29 is 20.4 Å². The number of rotatable bonds is 0. The number of nitrogens with two attached hydrogens (primary N) is 1. The third kappa shape index (κ3) is 1.52. The second-order valence-electron chi connectivity index (χ2n) is 2.94. The van der Waals surface area contributed by atoms with Crippen molar-refractivity contribution in [3.8, 4) is 0 Å². The monoisotopic (exact) mass is 163 g/mol. The van der Waals surface area contributed by atoms with E-state index in [1.54, 1.807) is 0 Å². The van der Waals surface area contributed by atoms with Gasteiger partial charge < -0.3 is 26.2 Å². The van der Waals surface area contributed by atoms with E-state index in [0.29, 0.717) is 0 Å². The summed E-state index contributed by atoms with van der Waals surface area (Å²) >= 11 is 0. The van der Waals surface area contributed by atoms with Crippen molar-refractivity contribution in [1.82, 2.24) is 0 Å². The van der Waals surface area contributed by atoms with Gasteiger partial charge in [0, 0.05) is 6.04 Å². The van der Waals surface area contributed by atoms with Gasteiger partial charge in [-0.25, -0.2) is 0 Å². The molecule has 0 heterocycles. The maximum absolute atomic E-state index is 9.09. The lowest BCUT2D eigenvalue weighted by atomic mass is 9.86. The Kier molecular flexibility index (Phi) is 2.46. The standard InChI is InChI=1S/C6H13NO4/c7-2-1-3(8)5(10)6(11)4(2)9/h2-6,8-11H,1,7H2/t2-,3+,4+,5+,6+/m0/s1. The van der Waals surface area contributed by atoms with Crippen molar-refractivity contribution in [3.63, 3.8) is 0 Å². The van der Waals surface area contributed by atoms with E-state index in [0.717, 1.165) is 0 Å². The van der Waals surface area contributed by atoms with E-state index in [9.17, 15) is 0 Å². The predicted octanol–water partition coefficient (Wildman–Crippen LogP) is -2.84. The highest BCUT2D eigenvalue weighted by Crippen LogP contribution is 2.18. The summed E-state index contributed by atoms with van der Waals surface area (Å²) in [5, 5.41) is 36.2. The first kappa shape index (κ1) is 8.89. The minimum Gasteiger partial charge on any atom is -0.390 e. The second kappa shape index (κ2) is 3.04. The van der Waals surface area contributed by atoms with Crippen molar-refractivity contribution in [3.05, 3.63) is 0 Å². The van der Waals surface area contributed by atoms with Gasteiger partial charge in [0.1, 0.15) is 12.2 Å². The van der Waals surface area contributed by atoms with Crippen LogP contribution in [-0.4, -0.2) is 50.9 Å². The molecule has 1 fully saturated rings. The molecule has 1 aliphatic carbocycles. The van der Waals surface area contributed by atoms with E-state index < -0.39 is 30.5 Å². The highest BCUT2D eigenvalue weighted by Gasteiger charge is 2.40. The van der Waals surface area contributed by atoms with Crippen molar-refractivity contribution in [2.24, 2.45) is 5.73 Å².